The van der Waals surface area contributed by atoms with Crippen molar-refractivity contribution in [3.63, 3.8) is 0 Å². The third-order valence-electron chi connectivity index (χ3n) is 5.31. The summed E-state index contributed by atoms with van der Waals surface area (Å²) in [5.41, 5.74) is 6.81. The van der Waals surface area contributed by atoms with Crippen molar-refractivity contribution in [2.24, 2.45) is 10.9 Å². The van der Waals surface area contributed by atoms with Gasteiger partial charge in [0.1, 0.15) is 19.1 Å². The second kappa shape index (κ2) is 10.4. The van der Waals surface area contributed by atoms with Crippen molar-refractivity contribution >= 4 is 23.7 Å². The number of aromatic nitrogens is 2. The Bertz CT molecular complexity index is 1070. The molecule has 0 atom stereocenters. The van der Waals surface area contributed by atoms with Crippen molar-refractivity contribution in [2.75, 3.05) is 44.3 Å². The van der Waals surface area contributed by atoms with Crippen molar-refractivity contribution in [3.8, 4) is 11.1 Å². The number of nitrogens with zero attached hydrogens (tertiary/aromatic N) is 5. The molecule has 4 N–H and O–H groups in total. The summed E-state index contributed by atoms with van der Waals surface area (Å²) in [6.07, 6.45) is 2.10. The highest BCUT2D eigenvalue weighted by atomic mass is 19.1. The lowest BCUT2D eigenvalue weighted by Crippen LogP contribution is -2.53. The van der Waals surface area contributed by atoms with Crippen molar-refractivity contribution < 1.29 is 23.1 Å². The molecule has 34 heavy (non-hydrogen) atoms. The van der Waals surface area contributed by atoms with Gasteiger partial charge in [-0.3, -0.25) is 15.6 Å². The number of rotatable bonds is 8. The molecule has 0 bridgehead atoms. The first-order chi connectivity index (χ1) is 16.4. The summed E-state index contributed by atoms with van der Waals surface area (Å²) in [6.45, 7) is 2.17. The van der Waals surface area contributed by atoms with Gasteiger partial charge in [0.05, 0.1) is 18.8 Å². The van der Waals surface area contributed by atoms with Crippen molar-refractivity contribution in [3.05, 3.63) is 42.0 Å². The van der Waals surface area contributed by atoms with Crippen molar-refractivity contribution in [1.82, 2.24) is 20.2 Å². The zero-order valence-electron chi connectivity index (χ0n) is 18.2. The minimum atomic E-state index is -0.945. The predicted molar refractivity (Wildman–Crippen MR) is 120 cm³/mol. The summed E-state index contributed by atoms with van der Waals surface area (Å²) >= 11 is 0. The Kier molecular flexibility index (Phi) is 7.11. The molecule has 180 valence electrons. The molecule has 11 nitrogen and oxygen atoms in total. The Labute approximate surface area is 194 Å². The van der Waals surface area contributed by atoms with Crippen LogP contribution in [0.25, 0.3) is 11.1 Å². The first kappa shape index (κ1) is 23.3. The number of carbonyl (C=O) groups is 1. The standard InChI is InChI=1S/C21H24F2N8O3/c22-4-5-30-10-16(11-30)34-29-15-8-31(9-15)20-26-6-14(7-27-20)17-3-1-2-13(18(17)23)12-33-21(32)28-19(24)25/h1-3,6-7,16H,4-5,8-12H2,(H4,24,25,28,32). The highest BCUT2D eigenvalue weighted by Gasteiger charge is 2.30. The third-order valence-corrected chi connectivity index (χ3v) is 5.31. The Balaban J connectivity index is 1.30. The maximum Gasteiger partial charge on any atom is 0.414 e. The fourth-order valence-corrected chi connectivity index (χ4v) is 3.46. The molecule has 0 aliphatic carbocycles. The van der Waals surface area contributed by atoms with Crippen LogP contribution in [0.4, 0.5) is 19.5 Å². The predicted octanol–water partition coefficient (Wildman–Crippen LogP) is 1.25. The van der Waals surface area contributed by atoms with E-state index in [1.54, 1.807) is 12.1 Å². The molecule has 0 unspecified atom stereocenters. The van der Waals surface area contributed by atoms with E-state index in [9.17, 15) is 13.6 Å². The van der Waals surface area contributed by atoms with Gasteiger partial charge < -0.3 is 20.2 Å². The molecule has 0 spiro atoms. The van der Waals surface area contributed by atoms with Crippen molar-refractivity contribution in [2.45, 2.75) is 12.7 Å². The van der Waals surface area contributed by atoms with Gasteiger partial charge in [0.25, 0.3) is 0 Å². The number of benzene rings is 1. The van der Waals surface area contributed by atoms with E-state index < -0.39 is 17.9 Å². The van der Waals surface area contributed by atoms with Crippen LogP contribution in [0, 0.1) is 11.2 Å². The summed E-state index contributed by atoms with van der Waals surface area (Å²) < 4.78 is 32.0. The molecule has 1 aromatic heterocycles. The number of likely N-dealkylation sites (tertiary alicyclic amines) is 1. The first-order valence-electron chi connectivity index (χ1n) is 10.6. The molecule has 0 radical (unpaired) electrons. The zero-order valence-corrected chi connectivity index (χ0v) is 18.2. The van der Waals surface area contributed by atoms with Crippen LogP contribution >= 0.6 is 0 Å². The minimum Gasteiger partial charge on any atom is -0.444 e. The molecule has 1 aromatic carbocycles. The lowest BCUT2D eigenvalue weighted by atomic mass is 10.1. The Hall–Kier alpha value is -3.87. The molecule has 0 saturated carbocycles. The van der Waals surface area contributed by atoms with Crippen LogP contribution in [0.5, 0.6) is 0 Å². The number of oxime groups is 1. The van der Waals surface area contributed by atoms with E-state index in [-0.39, 0.29) is 30.5 Å². The van der Waals surface area contributed by atoms with Gasteiger partial charge in [-0.2, -0.15) is 0 Å². The molecular weight excluding hydrogens is 450 g/mol. The molecule has 2 aromatic rings. The number of nitrogens with one attached hydrogen (secondary N) is 2. The average Bonchev–Trinajstić information content (AvgIpc) is 2.75. The van der Waals surface area contributed by atoms with Crippen LogP contribution in [0.15, 0.2) is 35.7 Å². The summed E-state index contributed by atoms with van der Waals surface area (Å²) in [5, 5.41) is 13.1. The molecule has 4 rings (SSSR count). The first-order valence-corrected chi connectivity index (χ1v) is 10.6. The molecular formula is C21H24F2N8O3. The third kappa shape index (κ3) is 5.54. The topological polar surface area (TPSA) is 142 Å². The second-order valence-electron chi connectivity index (χ2n) is 7.85. The quantitative estimate of drug-likeness (QED) is 0.295. The number of amides is 1. The number of hydrogen-bond donors (Lipinski definition) is 3. The molecule has 13 heteroatoms. The summed E-state index contributed by atoms with van der Waals surface area (Å²) in [5.74, 6) is -0.642. The largest absolute Gasteiger partial charge is 0.444 e. The van der Waals surface area contributed by atoms with E-state index in [0.29, 0.717) is 44.2 Å². The minimum absolute atomic E-state index is 0.00298. The lowest BCUT2D eigenvalue weighted by Gasteiger charge is -2.37. The van der Waals surface area contributed by atoms with E-state index >= 15 is 0 Å². The van der Waals surface area contributed by atoms with Crippen molar-refractivity contribution in [1.29, 1.82) is 5.41 Å². The Morgan fingerprint density at radius 3 is 2.71 bits per heavy atom. The number of alkyl carbamates (subject to hydrolysis) is 1. The number of guanidine groups is 1. The van der Waals surface area contributed by atoms with Crippen LogP contribution in [0.2, 0.25) is 0 Å². The highest BCUT2D eigenvalue weighted by Crippen LogP contribution is 2.26. The molecule has 3 heterocycles. The molecule has 2 fully saturated rings. The van der Waals surface area contributed by atoms with Crippen LogP contribution in [-0.2, 0) is 16.2 Å². The number of ether oxygens (including phenoxy) is 1. The van der Waals surface area contributed by atoms with E-state index in [1.807, 2.05) is 15.1 Å². The molecule has 2 saturated heterocycles. The lowest BCUT2D eigenvalue weighted by molar-refractivity contribution is -0.0543. The molecule has 2 aliphatic rings. The number of nitrogens with two attached hydrogens (primary N) is 1. The van der Waals surface area contributed by atoms with Gasteiger partial charge in [-0.25, -0.2) is 23.5 Å². The number of carbonyl (C=O) groups excluding carboxylic acids is 1. The summed E-state index contributed by atoms with van der Waals surface area (Å²) in [4.78, 5) is 29.4. The fraction of sp³-hybridized carbons (Fsp3) is 0.381. The second-order valence-corrected chi connectivity index (χ2v) is 7.85. The normalized spacial score (nSPS) is 15.8. The maximum absolute atomic E-state index is 14.9. The van der Waals surface area contributed by atoms with Gasteiger partial charge in [0.15, 0.2) is 12.1 Å². The molecule has 1 amide bonds. The number of halogens is 2. The molecule has 2 aliphatic heterocycles. The number of hydrogen-bond acceptors (Lipinski definition) is 9. The Morgan fingerprint density at radius 2 is 2.03 bits per heavy atom. The van der Waals surface area contributed by atoms with E-state index in [0.717, 1.165) is 5.71 Å². The van der Waals surface area contributed by atoms with E-state index in [2.05, 4.69) is 15.1 Å². The fourth-order valence-electron chi connectivity index (χ4n) is 3.46. The van der Waals surface area contributed by atoms with Gasteiger partial charge in [-0.15, -0.1) is 0 Å². The number of alkyl halides is 1. The smallest absolute Gasteiger partial charge is 0.414 e. The van der Waals surface area contributed by atoms with Gasteiger partial charge in [0.2, 0.25) is 5.95 Å². The van der Waals surface area contributed by atoms with E-state index in [4.69, 9.17) is 20.7 Å². The van der Waals surface area contributed by atoms with Gasteiger partial charge in [-0.05, 0) is 0 Å². The highest BCUT2D eigenvalue weighted by molar-refractivity contribution is 5.98. The number of anilines is 1. The summed E-state index contributed by atoms with van der Waals surface area (Å²) in [6, 6.07) is 4.69. The zero-order chi connectivity index (χ0) is 24.1. The van der Waals surface area contributed by atoms with Crippen LogP contribution in [0.1, 0.15) is 5.56 Å². The maximum atomic E-state index is 14.9. The van der Waals surface area contributed by atoms with Gasteiger partial charge in [-0.1, -0.05) is 23.4 Å². The SMILES string of the molecule is N=C(N)NC(=O)OCc1cccc(-c2cnc(N3CC(=NOC4CN(CCF)C4)C3)nc2)c1F. The van der Waals surface area contributed by atoms with E-state index in [1.165, 1.54) is 18.5 Å². The monoisotopic (exact) mass is 474 g/mol. The van der Waals surface area contributed by atoms with Crippen LogP contribution in [-0.4, -0.2) is 78.1 Å². The van der Waals surface area contributed by atoms with Crippen LogP contribution < -0.4 is 16.0 Å². The van der Waals surface area contributed by atoms with Crippen LogP contribution in [0.3, 0.4) is 0 Å². The van der Waals surface area contributed by atoms with Gasteiger partial charge in [0, 0.05) is 48.7 Å². The average molecular weight is 474 g/mol. The summed E-state index contributed by atoms with van der Waals surface area (Å²) in [7, 11) is 0. The Morgan fingerprint density at radius 1 is 1.29 bits per heavy atom. The van der Waals surface area contributed by atoms with Gasteiger partial charge >= 0.3 is 6.09 Å².